The third-order valence-electron chi connectivity index (χ3n) is 4.67. The molecule has 1 aromatic heterocycles. The van der Waals surface area contributed by atoms with Crippen molar-refractivity contribution in [1.82, 2.24) is 10.2 Å². The van der Waals surface area contributed by atoms with Crippen molar-refractivity contribution in [2.75, 3.05) is 20.2 Å². The predicted molar refractivity (Wildman–Crippen MR) is 89.4 cm³/mol. The van der Waals surface area contributed by atoms with Gasteiger partial charge in [0, 0.05) is 31.4 Å². The molecular formula is C18H24N2O3. The molecule has 23 heavy (non-hydrogen) atoms. The van der Waals surface area contributed by atoms with E-state index in [0.29, 0.717) is 18.5 Å². The Morgan fingerprint density at radius 1 is 1.48 bits per heavy atom. The maximum absolute atomic E-state index is 11.5. The van der Waals surface area contributed by atoms with Gasteiger partial charge in [-0.1, -0.05) is 19.1 Å². The summed E-state index contributed by atoms with van der Waals surface area (Å²) in [7, 11) is 1.65. The number of ether oxygens (including phenoxy) is 1. The van der Waals surface area contributed by atoms with Gasteiger partial charge in [0.15, 0.2) is 11.3 Å². The number of furan rings is 1. The summed E-state index contributed by atoms with van der Waals surface area (Å²) >= 11 is 0. The van der Waals surface area contributed by atoms with Crippen LogP contribution in [0.1, 0.15) is 26.0 Å². The van der Waals surface area contributed by atoms with Crippen LogP contribution in [0.2, 0.25) is 0 Å². The molecule has 0 aliphatic carbocycles. The van der Waals surface area contributed by atoms with Gasteiger partial charge in [0.05, 0.1) is 13.7 Å². The number of piperidine rings is 1. The Labute approximate surface area is 136 Å². The topological polar surface area (TPSA) is 54.7 Å². The first kappa shape index (κ1) is 15.9. The Hall–Kier alpha value is -2.01. The van der Waals surface area contributed by atoms with E-state index in [4.69, 9.17) is 9.15 Å². The van der Waals surface area contributed by atoms with Gasteiger partial charge in [0.2, 0.25) is 5.91 Å². The van der Waals surface area contributed by atoms with E-state index < -0.39 is 0 Å². The summed E-state index contributed by atoms with van der Waals surface area (Å²) in [6.07, 6.45) is 0.976. The average Bonchev–Trinajstić information content (AvgIpc) is 2.96. The number of hydrogen-bond acceptors (Lipinski definition) is 4. The fraction of sp³-hybridized carbons (Fsp3) is 0.500. The molecule has 5 heteroatoms. The molecule has 1 aliphatic heterocycles. The number of rotatable bonds is 4. The molecule has 1 amide bonds. The van der Waals surface area contributed by atoms with Gasteiger partial charge in [-0.15, -0.1) is 0 Å². The molecule has 0 radical (unpaired) electrons. The van der Waals surface area contributed by atoms with E-state index in [1.54, 1.807) is 14.0 Å². The van der Waals surface area contributed by atoms with Crippen LogP contribution in [0, 0.1) is 5.92 Å². The zero-order valence-corrected chi connectivity index (χ0v) is 14.0. The molecule has 3 rings (SSSR count). The van der Waals surface area contributed by atoms with Gasteiger partial charge in [-0.25, -0.2) is 0 Å². The largest absolute Gasteiger partial charge is 0.493 e. The van der Waals surface area contributed by atoms with Crippen molar-refractivity contribution in [1.29, 1.82) is 0 Å². The monoisotopic (exact) mass is 316 g/mol. The van der Waals surface area contributed by atoms with Gasteiger partial charge in [-0.3, -0.25) is 4.79 Å². The number of amides is 1. The SMILES string of the molecule is COc1cccc2cc(CN[C@@H]3CCN(C(C)=O)C[C@H]3C)oc12. The lowest BCUT2D eigenvalue weighted by molar-refractivity contribution is -0.130. The number of fused-ring (bicyclic) bond motifs is 1. The fourth-order valence-electron chi connectivity index (χ4n) is 3.30. The van der Waals surface area contributed by atoms with Crippen molar-refractivity contribution in [2.45, 2.75) is 32.9 Å². The smallest absolute Gasteiger partial charge is 0.219 e. The second kappa shape index (κ2) is 6.62. The van der Waals surface area contributed by atoms with E-state index in [2.05, 4.69) is 18.3 Å². The summed E-state index contributed by atoms with van der Waals surface area (Å²) in [6, 6.07) is 8.36. The maximum atomic E-state index is 11.5. The van der Waals surface area contributed by atoms with Crippen molar-refractivity contribution in [2.24, 2.45) is 5.92 Å². The molecule has 2 atom stereocenters. The van der Waals surface area contributed by atoms with Crippen LogP contribution in [0.15, 0.2) is 28.7 Å². The molecular weight excluding hydrogens is 292 g/mol. The molecule has 2 aromatic rings. The molecule has 0 spiro atoms. The highest BCUT2D eigenvalue weighted by atomic mass is 16.5. The number of methoxy groups -OCH3 is 1. The second-order valence-electron chi connectivity index (χ2n) is 6.31. The standard InChI is InChI=1S/C18H24N2O3/c1-12-11-20(13(2)21)8-7-16(12)19-10-15-9-14-5-4-6-17(22-3)18(14)23-15/h4-6,9,12,16,19H,7-8,10-11H2,1-3H3/t12-,16-/m1/s1. The molecule has 1 N–H and O–H groups in total. The highest BCUT2D eigenvalue weighted by molar-refractivity contribution is 5.83. The quantitative estimate of drug-likeness (QED) is 0.942. The molecule has 1 aliphatic rings. The highest BCUT2D eigenvalue weighted by Gasteiger charge is 2.27. The zero-order valence-electron chi connectivity index (χ0n) is 14.0. The van der Waals surface area contributed by atoms with Crippen LogP contribution in [0.25, 0.3) is 11.0 Å². The highest BCUT2D eigenvalue weighted by Crippen LogP contribution is 2.28. The van der Waals surface area contributed by atoms with E-state index in [0.717, 1.165) is 42.0 Å². The van der Waals surface area contributed by atoms with Gasteiger partial charge in [-0.05, 0) is 24.5 Å². The third-order valence-corrected chi connectivity index (χ3v) is 4.67. The van der Waals surface area contributed by atoms with Gasteiger partial charge in [0.25, 0.3) is 0 Å². The summed E-state index contributed by atoms with van der Waals surface area (Å²) in [5, 5.41) is 4.63. The molecule has 1 saturated heterocycles. The number of nitrogens with one attached hydrogen (secondary N) is 1. The Kier molecular flexibility index (Phi) is 4.57. The lowest BCUT2D eigenvalue weighted by Gasteiger charge is -2.36. The van der Waals surface area contributed by atoms with Crippen molar-refractivity contribution >= 4 is 16.9 Å². The summed E-state index contributed by atoms with van der Waals surface area (Å²) in [4.78, 5) is 13.4. The van der Waals surface area contributed by atoms with Crippen LogP contribution in [-0.2, 0) is 11.3 Å². The number of para-hydroxylation sites is 1. The molecule has 1 fully saturated rings. The van der Waals surface area contributed by atoms with Crippen LogP contribution >= 0.6 is 0 Å². The van der Waals surface area contributed by atoms with Crippen LogP contribution in [-0.4, -0.2) is 37.0 Å². The summed E-state index contributed by atoms with van der Waals surface area (Å²) in [6.45, 7) is 6.16. The Morgan fingerprint density at radius 3 is 3.00 bits per heavy atom. The normalized spacial score (nSPS) is 21.6. The van der Waals surface area contributed by atoms with Crippen LogP contribution < -0.4 is 10.1 Å². The second-order valence-corrected chi connectivity index (χ2v) is 6.31. The van der Waals surface area contributed by atoms with Gasteiger partial charge in [-0.2, -0.15) is 0 Å². The third kappa shape index (κ3) is 3.34. The number of carbonyl (C=O) groups excluding carboxylic acids is 1. The maximum Gasteiger partial charge on any atom is 0.219 e. The minimum Gasteiger partial charge on any atom is -0.493 e. The van der Waals surface area contributed by atoms with Crippen molar-refractivity contribution in [3.8, 4) is 5.75 Å². The molecule has 5 nitrogen and oxygen atoms in total. The fourth-order valence-corrected chi connectivity index (χ4v) is 3.30. The first-order valence-electron chi connectivity index (χ1n) is 8.13. The summed E-state index contributed by atoms with van der Waals surface area (Å²) in [5.74, 6) is 2.27. The molecule has 0 saturated carbocycles. The van der Waals surface area contributed by atoms with Crippen molar-refractivity contribution in [3.05, 3.63) is 30.0 Å². The molecule has 0 unspecified atom stereocenters. The van der Waals surface area contributed by atoms with Gasteiger partial charge < -0.3 is 19.4 Å². The average molecular weight is 316 g/mol. The predicted octanol–water partition coefficient (Wildman–Crippen LogP) is 2.79. The van der Waals surface area contributed by atoms with Crippen molar-refractivity contribution in [3.63, 3.8) is 0 Å². The minimum atomic E-state index is 0.166. The van der Waals surface area contributed by atoms with Crippen LogP contribution in [0.4, 0.5) is 0 Å². The van der Waals surface area contributed by atoms with E-state index in [1.165, 1.54) is 0 Å². The zero-order chi connectivity index (χ0) is 16.4. The van der Waals surface area contributed by atoms with E-state index >= 15 is 0 Å². The molecule has 0 bridgehead atoms. The lowest BCUT2D eigenvalue weighted by atomic mass is 9.94. The Bertz CT molecular complexity index is 695. The Morgan fingerprint density at radius 2 is 2.30 bits per heavy atom. The molecule has 124 valence electrons. The van der Waals surface area contributed by atoms with E-state index in [-0.39, 0.29) is 5.91 Å². The first-order valence-corrected chi connectivity index (χ1v) is 8.13. The van der Waals surface area contributed by atoms with Crippen LogP contribution in [0.3, 0.4) is 0 Å². The number of likely N-dealkylation sites (tertiary alicyclic amines) is 1. The number of nitrogens with zero attached hydrogens (tertiary/aromatic N) is 1. The van der Waals surface area contributed by atoms with E-state index in [9.17, 15) is 4.79 Å². The van der Waals surface area contributed by atoms with Gasteiger partial charge >= 0.3 is 0 Å². The Balaban J connectivity index is 1.64. The van der Waals surface area contributed by atoms with Crippen molar-refractivity contribution < 1.29 is 13.9 Å². The number of hydrogen-bond donors (Lipinski definition) is 1. The minimum absolute atomic E-state index is 0.166. The summed E-state index contributed by atoms with van der Waals surface area (Å²) < 4.78 is 11.3. The summed E-state index contributed by atoms with van der Waals surface area (Å²) in [5.41, 5.74) is 0.797. The lowest BCUT2D eigenvalue weighted by Crippen LogP contribution is -2.49. The number of carbonyl (C=O) groups is 1. The number of benzene rings is 1. The first-order chi connectivity index (χ1) is 11.1. The molecule has 2 heterocycles. The van der Waals surface area contributed by atoms with Gasteiger partial charge in [0.1, 0.15) is 5.76 Å². The van der Waals surface area contributed by atoms with E-state index in [1.807, 2.05) is 23.1 Å². The van der Waals surface area contributed by atoms with Crippen LogP contribution in [0.5, 0.6) is 5.75 Å². The molecule has 1 aromatic carbocycles.